The van der Waals surface area contributed by atoms with Gasteiger partial charge in [0, 0.05) is 23.8 Å². The summed E-state index contributed by atoms with van der Waals surface area (Å²) < 4.78 is 0. The van der Waals surface area contributed by atoms with Crippen molar-refractivity contribution in [3.8, 4) is 0 Å². The molecule has 4 aromatic rings. The van der Waals surface area contributed by atoms with E-state index < -0.39 is 0 Å². The van der Waals surface area contributed by atoms with E-state index >= 15 is 0 Å². The summed E-state index contributed by atoms with van der Waals surface area (Å²) >= 11 is 0. The Balaban J connectivity index is 1.55. The highest BCUT2D eigenvalue weighted by Gasteiger charge is 2.18. The van der Waals surface area contributed by atoms with Crippen molar-refractivity contribution < 1.29 is 0 Å². The van der Waals surface area contributed by atoms with Crippen LogP contribution in [0.4, 0.5) is 0 Å². The minimum Gasteiger partial charge on any atom is -0.364 e. The molecule has 0 unspecified atom stereocenters. The summed E-state index contributed by atoms with van der Waals surface area (Å²) in [4.78, 5) is 6.84. The monoisotopic (exact) mass is 410 g/mol. The molecule has 0 aliphatic heterocycles. The Morgan fingerprint density at radius 3 is 1.65 bits per heavy atom. The molecule has 31 heavy (non-hydrogen) atoms. The molecule has 0 saturated heterocycles. The topological polar surface area (TPSA) is 31.6 Å². The van der Waals surface area contributed by atoms with Gasteiger partial charge < -0.3 is 9.97 Å². The van der Waals surface area contributed by atoms with Gasteiger partial charge in [0.05, 0.1) is 5.92 Å². The van der Waals surface area contributed by atoms with E-state index in [1.165, 1.54) is 64.9 Å². The van der Waals surface area contributed by atoms with Crippen LogP contribution in [0.25, 0.3) is 0 Å². The third-order valence-electron chi connectivity index (χ3n) is 6.04. The van der Waals surface area contributed by atoms with Crippen LogP contribution in [-0.4, -0.2) is 9.97 Å². The summed E-state index contributed by atoms with van der Waals surface area (Å²) in [5.74, 6) is 0.203. The fraction of sp³-hybridized carbons (Fsp3) is 0.310. The molecule has 4 rings (SSSR count). The Kier molecular flexibility index (Phi) is 7.09. The van der Waals surface area contributed by atoms with E-state index in [1.807, 2.05) is 12.4 Å². The molecule has 2 heteroatoms. The van der Waals surface area contributed by atoms with Crippen LogP contribution >= 0.6 is 0 Å². The van der Waals surface area contributed by atoms with Crippen molar-refractivity contribution in [2.45, 2.75) is 58.3 Å². The Bertz CT molecular complexity index is 1000. The number of rotatable bonds is 10. The lowest BCUT2D eigenvalue weighted by Gasteiger charge is -2.17. The van der Waals surface area contributed by atoms with E-state index in [0.717, 1.165) is 12.8 Å². The first-order valence-corrected chi connectivity index (χ1v) is 11.7. The number of aryl methyl sites for hydroxylation is 4. The van der Waals surface area contributed by atoms with Gasteiger partial charge in [-0.1, -0.05) is 69.2 Å². The second kappa shape index (κ2) is 10.3. The molecule has 0 radical (unpaired) electrons. The summed E-state index contributed by atoms with van der Waals surface area (Å²) in [6.45, 7) is 4.53. The molecule has 2 heterocycles. The van der Waals surface area contributed by atoms with Crippen LogP contribution in [0.2, 0.25) is 0 Å². The maximum atomic E-state index is 3.42. The van der Waals surface area contributed by atoms with Gasteiger partial charge >= 0.3 is 0 Å². The first-order valence-electron chi connectivity index (χ1n) is 11.7. The Morgan fingerprint density at radius 1 is 0.581 bits per heavy atom. The maximum Gasteiger partial charge on any atom is 0.0641 e. The lowest BCUT2D eigenvalue weighted by molar-refractivity contribution is 0.872. The number of hydrogen-bond acceptors (Lipinski definition) is 0. The minimum atomic E-state index is 0.203. The summed E-state index contributed by atoms with van der Waals surface area (Å²) in [6.07, 6.45) is 10.9. The minimum absolute atomic E-state index is 0.203. The van der Waals surface area contributed by atoms with Gasteiger partial charge in [-0.15, -0.1) is 0 Å². The van der Waals surface area contributed by atoms with Crippen LogP contribution in [0.15, 0.2) is 79.1 Å². The quantitative estimate of drug-likeness (QED) is 0.277. The smallest absolute Gasteiger partial charge is 0.0641 e. The molecule has 2 nitrogen and oxygen atoms in total. The number of H-pyrrole nitrogens is 2. The standard InChI is InChI=1S/C29H34N2/c1-3-8-23-18-24(9-4-2)20-25(19-23)15-14-22-10-5-11-26(21-22)29(27-12-6-16-30-27)28-13-7-17-31-28/h5-7,10-13,16-21,29-31H,3-4,8-9,14-15H2,1-2H3. The molecule has 160 valence electrons. The van der Waals surface area contributed by atoms with Gasteiger partial charge in [-0.25, -0.2) is 0 Å². The molecular formula is C29H34N2. The molecule has 0 aliphatic carbocycles. The van der Waals surface area contributed by atoms with E-state index in [0.29, 0.717) is 0 Å². The van der Waals surface area contributed by atoms with E-state index in [9.17, 15) is 0 Å². The highest BCUT2D eigenvalue weighted by atomic mass is 14.7. The van der Waals surface area contributed by atoms with Crippen LogP contribution in [0.5, 0.6) is 0 Å². The van der Waals surface area contributed by atoms with Crippen LogP contribution in [0, 0.1) is 0 Å². The summed E-state index contributed by atoms with van der Waals surface area (Å²) in [7, 11) is 0. The second-order valence-electron chi connectivity index (χ2n) is 8.59. The normalized spacial score (nSPS) is 11.3. The van der Waals surface area contributed by atoms with Crippen LogP contribution in [0.1, 0.15) is 71.8 Å². The van der Waals surface area contributed by atoms with E-state index in [1.54, 1.807) is 0 Å². The number of aromatic amines is 2. The molecule has 0 bridgehead atoms. The lowest BCUT2D eigenvalue weighted by Crippen LogP contribution is -2.05. The Morgan fingerprint density at radius 2 is 1.13 bits per heavy atom. The Labute approximate surface area is 186 Å². The number of aromatic nitrogens is 2. The first-order chi connectivity index (χ1) is 15.3. The molecule has 0 spiro atoms. The second-order valence-corrected chi connectivity index (χ2v) is 8.59. The van der Waals surface area contributed by atoms with Crippen molar-refractivity contribution in [1.29, 1.82) is 0 Å². The molecule has 2 aromatic carbocycles. The zero-order chi connectivity index (χ0) is 21.5. The molecule has 2 aromatic heterocycles. The first kappa shape index (κ1) is 21.2. The molecule has 0 aliphatic rings. The fourth-order valence-electron chi connectivity index (χ4n) is 4.64. The van der Waals surface area contributed by atoms with Gasteiger partial charge in [0.2, 0.25) is 0 Å². The zero-order valence-electron chi connectivity index (χ0n) is 18.8. The van der Waals surface area contributed by atoms with Gasteiger partial charge in [-0.2, -0.15) is 0 Å². The van der Waals surface area contributed by atoms with Crippen LogP contribution in [0.3, 0.4) is 0 Å². The van der Waals surface area contributed by atoms with Gasteiger partial charge in [-0.05, 0) is 77.8 Å². The predicted molar refractivity (Wildman–Crippen MR) is 131 cm³/mol. The summed E-state index contributed by atoms with van der Waals surface area (Å²) in [5, 5.41) is 0. The fourth-order valence-corrected chi connectivity index (χ4v) is 4.64. The largest absolute Gasteiger partial charge is 0.364 e. The number of nitrogens with one attached hydrogen (secondary N) is 2. The average Bonchev–Trinajstić information content (AvgIpc) is 3.49. The van der Waals surface area contributed by atoms with Gasteiger partial charge in [0.15, 0.2) is 0 Å². The molecule has 2 N–H and O–H groups in total. The van der Waals surface area contributed by atoms with Crippen molar-refractivity contribution in [2.24, 2.45) is 0 Å². The van der Waals surface area contributed by atoms with Crippen molar-refractivity contribution in [3.63, 3.8) is 0 Å². The highest BCUT2D eigenvalue weighted by molar-refractivity contribution is 5.40. The lowest BCUT2D eigenvalue weighted by atomic mass is 9.90. The molecule has 0 saturated carbocycles. The van der Waals surface area contributed by atoms with Gasteiger partial charge in [0.25, 0.3) is 0 Å². The third kappa shape index (κ3) is 5.38. The van der Waals surface area contributed by atoms with Gasteiger partial charge in [0.1, 0.15) is 0 Å². The van der Waals surface area contributed by atoms with Crippen LogP contribution < -0.4 is 0 Å². The van der Waals surface area contributed by atoms with Crippen LogP contribution in [-0.2, 0) is 25.7 Å². The molecule has 0 atom stereocenters. The predicted octanol–water partition coefficient (Wildman–Crippen LogP) is 7.21. The number of hydrogen-bond donors (Lipinski definition) is 2. The van der Waals surface area contributed by atoms with E-state index in [2.05, 4.69) is 90.5 Å². The molecule has 0 amide bonds. The summed E-state index contributed by atoms with van der Waals surface area (Å²) in [6, 6.07) is 24.9. The van der Waals surface area contributed by atoms with Crippen molar-refractivity contribution in [1.82, 2.24) is 9.97 Å². The van der Waals surface area contributed by atoms with Gasteiger partial charge in [-0.3, -0.25) is 0 Å². The maximum absolute atomic E-state index is 3.42. The van der Waals surface area contributed by atoms with Crippen molar-refractivity contribution in [2.75, 3.05) is 0 Å². The van der Waals surface area contributed by atoms with E-state index in [4.69, 9.17) is 0 Å². The highest BCUT2D eigenvalue weighted by Crippen LogP contribution is 2.30. The van der Waals surface area contributed by atoms with E-state index in [-0.39, 0.29) is 5.92 Å². The molecular weight excluding hydrogens is 376 g/mol. The third-order valence-corrected chi connectivity index (χ3v) is 6.04. The summed E-state index contributed by atoms with van der Waals surface area (Å²) in [5.41, 5.74) is 9.64. The average molecular weight is 411 g/mol. The molecule has 0 fully saturated rings. The zero-order valence-corrected chi connectivity index (χ0v) is 18.8. The SMILES string of the molecule is CCCc1cc(CCC)cc(CCc2cccc(C(c3ccc[nH]3)c3ccc[nH]3)c2)c1. The van der Waals surface area contributed by atoms with Crippen molar-refractivity contribution >= 4 is 0 Å². The Hall–Kier alpha value is -3.00. The number of benzene rings is 2. The van der Waals surface area contributed by atoms with Crippen molar-refractivity contribution in [3.05, 3.63) is 118 Å².